The number of hydrogen-bond acceptors (Lipinski definition) is 7. The minimum atomic E-state index is -0.153. The second-order valence-corrected chi connectivity index (χ2v) is 9.73. The zero-order valence-electron chi connectivity index (χ0n) is 18.5. The zero-order valence-corrected chi connectivity index (χ0v) is 20.1. The summed E-state index contributed by atoms with van der Waals surface area (Å²) in [4.78, 5) is 13.9. The first-order chi connectivity index (χ1) is 16.1. The Labute approximate surface area is 201 Å². The van der Waals surface area contributed by atoms with Crippen LogP contribution in [0, 0.1) is 11.3 Å². The van der Waals surface area contributed by atoms with Crippen LogP contribution in [0.5, 0.6) is 5.75 Å². The van der Waals surface area contributed by atoms with Gasteiger partial charge in [0.2, 0.25) is 5.91 Å². The Bertz CT molecular complexity index is 1190. The summed E-state index contributed by atoms with van der Waals surface area (Å²) >= 11 is 2.87. The summed E-state index contributed by atoms with van der Waals surface area (Å²) in [6.07, 6.45) is 6.55. The van der Waals surface area contributed by atoms with Crippen molar-refractivity contribution in [2.75, 3.05) is 18.2 Å². The molecule has 170 valence electrons. The fourth-order valence-electron chi connectivity index (χ4n) is 3.86. The van der Waals surface area contributed by atoms with Crippen LogP contribution in [0.1, 0.15) is 40.2 Å². The molecule has 4 rings (SSSR count). The molecule has 0 bridgehead atoms. The van der Waals surface area contributed by atoms with E-state index in [1.165, 1.54) is 28.0 Å². The van der Waals surface area contributed by atoms with Crippen molar-refractivity contribution in [2.24, 2.45) is 0 Å². The van der Waals surface area contributed by atoms with Gasteiger partial charge in [-0.15, -0.1) is 28.1 Å². The average molecular weight is 480 g/mol. The number of thioether (sulfide) groups is 1. The highest BCUT2D eigenvalue weighted by molar-refractivity contribution is 7.99. The molecule has 0 aliphatic heterocycles. The van der Waals surface area contributed by atoms with Crippen LogP contribution in [-0.2, 0) is 30.6 Å². The van der Waals surface area contributed by atoms with Gasteiger partial charge < -0.3 is 14.6 Å². The Morgan fingerprint density at radius 2 is 2.12 bits per heavy atom. The number of hydrogen-bond donors (Lipinski definition) is 1. The number of carbonyl (C=O) groups excluding carboxylic acids is 1. The molecular weight excluding hydrogens is 454 g/mol. The highest BCUT2D eigenvalue weighted by Gasteiger charge is 2.22. The van der Waals surface area contributed by atoms with Gasteiger partial charge in [0.1, 0.15) is 22.6 Å². The molecule has 1 aliphatic rings. The molecule has 0 spiro atoms. The summed E-state index contributed by atoms with van der Waals surface area (Å²) in [6.45, 7) is 4.39. The summed E-state index contributed by atoms with van der Waals surface area (Å²) in [5, 5.41) is 22.5. The largest absolute Gasteiger partial charge is 0.497 e. The van der Waals surface area contributed by atoms with Crippen molar-refractivity contribution in [3.63, 3.8) is 0 Å². The predicted octanol–water partition coefficient (Wildman–Crippen LogP) is 4.61. The van der Waals surface area contributed by atoms with E-state index in [2.05, 4.69) is 28.2 Å². The van der Waals surface area contributed by atoms with E-state index in [0.717, 1.165) is 48.4 Å². The summed E-state index contributed by atoms with van der Waals surface area (Å²) in [5.41, 5.74) is 2.84. The number of rotatable bonds is 9. The monoisotopic (exact) mass is 479 g/mol. The number of thiophene rings is 1. The second kappa shape index (κ2) is 10.7. The Kier molecular flexibility index (Phi) is 7.47. The van der Waals surface area contributed by atoms with Gasteiger partial charge in [-0.3, -0.25) is 4.79 Å². The second-order valence-electron chi connectivity index (χ2n) is 7.69. The van der Waals surface area contributed by atoms with Gasteiger partial charge in [-0.2, -0.15) is 5.26 Å². The Hall–Kier alpha value is -3.09. The number of nitrogens with zero attached hydrogens (tertiary/aromatic N) is 4. The maximum Gasteiger partial charge on any atom is 0.235 e. The molecule has 0 fully saturated rings. The maximum atomic E-state index is 12.7. The fourth-order valence-corrected chi connectivity index (χ4v) is 5.88. The van der Waals surface area contributed by atoms with Crippen LogP contribution < -0.4 is 10.1 Å². The van der Waals surface area contributed by atoms with Gasteiger partial charge in [0.05, 0.1) is 18.4 Å². The van der Waals surface area contributed by atoms with E-state index in [9.17, 15) is 10.1 Å². The molecular formula is C24H25N5O2S2. The van der Waals surface area contributed by atoms with Gasteiger partial charge in [-0.05, 0) is 48.9 Å². The lowest BCUT2D eigenvalue weighted by atomic mass is 9.96. The minimum absolute atomic E-state index is 0.153. The number of nitrogens with one attached hydrogen (secondary N) is 1. The molecule has 1 aromatic carbocycles. The molecule has 2 aromatic heterocycles. The fraction of sp³-hybridized carbons (Fsp3) is 0.333. The molecule has 0 atom stereocenters. The summed E-state index contributed by atoms with van der Waals surface area (Å²) < 4.78 is 7.19. The van der Waals surface area contributed by atoms with Gasteiger partial charge in [-0.25, -0.2) is 0 Å². The number of anilines is 1. The van der Waals surface area contributed by atoms with E-state index in [1.807, 2.05) is 28.8 Å². The molecule has 0 saturated heterocycles. The number of benzene rings is 1. The van der Waals surface area contributed by atoms with Crippen LogP contribution in [0.3, 0.4) is 0 Å². The first-order valence-corrected chi connectivity index (χ1v) is 12.6. The topological polar surface area (TPSA) is 92.8 Å². The number of nitriles is 1. The Balaban J connectivity index is 1.42. The number of methoxy groups -OCH3 is 1. The van der Waals surface area contributed by atoms with Crippen LogP contribution >= 0.6 is 23.1 Å². The normalized spacial score (nSPS) is 12.6. The zero-order chi connectivity index (χ0) is 23.2. The van der Waals surface area contributed by atoms with Crippen LogP contribution in [-0.4, -0.2) is 33.5 Å². The molecule has 1 N–H and O–H groups in total. The smallest absolute Gasteiger partial charge is 0.235 e. The van der Waals surface area contributed by atoms with E-state index in [-0.39, 0.29) is 11.7 Å². The third kappa shape index (κ3) is 5.29. The Morgan fingerprint density at radius 1 is 1.33 bits per heavy atom. The van der Waals surface area contributed by atoms with E-state index in [1.54, 1.807) is 13.2 Å². The molecule has 9 heteroatoms. The molecule has 0 saturated carbocycles. The van der Waals surface area contributed by atoms with E-state index in [0.29, 0.717) is 28.7 Å². The average Bonchev–Trinajstić information content (AvgIpc) is 3.38. The van der Waals surface area contributed by atoms with Gasteiger partial charge >= 0.3 is 0 Å². The molecule has 33 heavy (non-hydrogen) atoms. The molecule has 0 unspecified atom stereocenters. The Morgan fingerprint density at radius 3 is 2.85 bits per heavy atom. The third-order valence-electron chi connectivity index (χ3n) is 5.49. The first kappa shape index (κ1) is 23.1. The molecule has 1 aliphatic carbocycles. The standard InChI is InChI=1S/C24H25N5O2S2/c1-3-12-29-21(13-16-8-10-17(31-2)11-9-16)27-28-24(29)32-15-22(30)26-23-19(14-25)18-6-4-5-7-20(18)33-23/h3,8-11H,1,4-7,12-13,15H2,2H3,(H,26,30). The van der Waals surface area contributed by atoms with Crippen molar-refractivity contribution in [2.45, 2.75) is 43.8 Å². The number of aryl methyl sites for hydroxylation is 1. The summed E-state index contributed by atoms with van der Waals surface area (Å²) in [6, 6.07) is 10.1. The van der Waals surface area contributed by atoms with Crippen molar-refractivity contribution >= 4 is 34.0 Å². The summed E-state index contributed by atoms with van der Waals surface area (Å²) in [7, 11) is 1.64. The van der Waals surface area contributed by atoms with Crippen molar-refractivity contribution in [3.05, 3.63) is 64.3 Å². The maximum absolute atomic E-state index is 12.7. The third-order valence-corrected chi connectivity index (χ3v) is 7.67. The highest BCUT2D eigenvalue weighted by atomic mass is 32.2. The number of carbonyl (C=O) groups is 1. The van der Waals surface area contributed by atoms with Gasteiger partial charge in [-0.1, -0.05) is 30.0 Å². The van der Waals surface area contributed by atoms with Gasteiger partial charge in [0.15, 0.2) is 5.16 Å². The minimum Gasteiger partial charge on any atom is -0.497 e. The molecule has 0 radical (unpaired) electrons. The van der Waals surface area contributed by atoms with Crippen LogP contribution in [0.4, 0.5) is 5.00 Å². The van der Waals surface area contributed by atoms with E-state index >= 15 is 0 Å². The molecule has 2 heterocycles. The highest BCUT2D eigenvalue weighted by Crippen LogP contribution is 2.37. The molecule has 7 nitrogen and oxygen atoms in total. The number of allylic oxidation sites excluding steroid dienone is 1. The lowest BCUT2D eigenvalue weighted by molar-refractivity contribution is -0.113. The van der Waals surface area contributed by atoms with E-state index in [4.69, 9.17) is 4.74 Å². The predicted molar refractivity (Wildman–Crippen MR) is 131 cm³/mol. The number of amides is 1. The van der Waals surface area contributed by atoms with Crippen molar-refractivity contribution in [1.29, 1.82) is 5.26 Å². The molecule has 1 amide bonds. The van der Waals surface area contributed by atoms with Crippen molar-refractivity contribution in [1.82, 2.24) is 14.8 Å². The van der Waals surface area contributed by atoms with Crippen LogP contribution in [0.25, 0.3) is 0 Å². The number of fused-ring (bicyclic) bond motifs is 1. The molecule has 3 aromatic rings. The van der Waals surface area contributed by atoms with E-state index < -0.39 is 0 Å². The van der Waals surface area contributed by atoms with Gasteiger partial charge in [0.25, 0.3) is 0 Å². The quantitative estimate of drug-likeness (QED) is 0.356. The number of aromatic nitrogens is 3. The number of ether oxygens (including phenoxy) is 1. The van der Waals surface area contributed by atoms with Crippen LogP contribution in [0.2, 0.25) is 0 Å². The van der Waals surface area contributed by atoms with Crippen LogP contribution in [0.15, 0.2) is 42.1 Å². The van der Waals surface area contributed by atoms with Crippen molar-refractivity contribution in [3.8, 4) is 11.8 Å². The SMILES string of the molecule is C=CCn1c(Cc2ccc(OC)cc2)nnc1SCC(=O)Nc1sc2c(c1C#N)CCCC2. The lowest BCUT2D eigenvalue weighted by Gasteiger charge is -2.09. The lowest BCUT2D eigenvalue weighted by Crippen LogP contribution is -2.15. The van der Waals surface area contributed by atoms with Gasteiger partial charge in [0, 0.05) is 17.8 Å². The summed E-state index contributed by atoms with van der Waals surface area (Å²) in [5.74, 6) is 1.64. The first-order valence-electron chi connectivity index (χ1n) is 10.8. The van der Waals surface area contributed by atoms with Crippen molar-refractivity contribution < 1.29 is 9.53 Å².